The maximum absolute atomic E-state index is 5.98. The van der Waals surface area contributed by atoms with Gasteiger partial charge in [-0.25, -0.2) is 0 Å². The van der Waals surface area contributed by atoms with Gasteiger partial charge in [0.15, 0.2) is 0 Å². The maximum atomic E-state index is 5.98. The molecule has 1 fully saturated rings. The van der Waals surface area contributed by atoms with E-state index >= 15 is 0 Å². The minimum atomic E-state index is -0.124. The van der Waals surface area contributed by atoms with E-state index in [1.807, 2.05) is 0 Å². The molecule has 0 bridgehead atoms. The summed E-state index contributed by atoms with van der Waals surface area (Å²) in [5, 5.41) is 0. The second-order valence-corrected chi connectivity index (χ2v) is 5.14. The summed E-state index contributed by atoms with van der Waals surface area (Å²) < 4.78 is 5.18. The van der Waals surface area contributed by atoms with Gasteiger partial charge in [0.2, 0.25) is 0 Å². The lowest BCUT2D eigenvalue weighted by atomic mass is 9.92. The minimum absolute atomic E-state index is 0.124. The van der Waals surface area contributed by atoms with Crippen LogP contribution in [0.25, 0.3) is 0 Å². The van der Waals surface area contributed by atoms with Crippen molar-refractivity contribution in [1.29, 1.82) is 0 Å². The summed E-state index contributed by atoms with van der Waals surface area (Å²) in [5.74, 6) is 0.616. The lowest BCUT2D eigenvalue weighted by Crippen LogP contribution is -2.34. The molecule has 82 valence electrons. The molecule has 0 spiro atoms. The van der Waals surface area contributed by atoms with Crippen molar-refractivity contribution in [2.45, 2.75) is 31.7 Å². The lowest BCUT2D eigenvalue weighted by molar-refractivity contribution is 0.00841. The molecule has 0 radical (unpaired) electrons. The second-order valence-electron chi connectivity index (χ2n) is 5.14. The number of ether oxygens (including phenoxy) is 1. The summed E-state index contributed by atoms with van der Waals surface area (Å²) in [6.07, 6.45) is 0.925. The minimum Gasteiger partial charge on any atom is -0.380 e. The number of rotatable bonds is 3. The quantitative estimate of drug-likeness (QED) is 0.820. The lowest BCUT2D eigenvalue weighted by Gasteiger charge is -2.26. The Morgan fingerprint density at radius 2 is 1.87 bits per heavy atom. The van der Waals surface area contributed by atoms with Crippen LogP contribution in [0.2, 0.25) is 0 Å². The van der Waals surface area contributed by atoms with E-state index in [9.17, 15) is 0 Å². The van der Waals surface area contributed by atoms with Crippen LogP contribution >= 0.6 is 0 Å². The third-order valence-electron chi connectivity index (χ3n) is 2.75. The van der Waals surface area contributed by atoms with E-state index in [1.54, 1.807) is 0 Å². The van der Waals surface area contributed by atoms with Crippen molar-refractivity contribution in [3.63, 3.8) is 0 Å². The highest BCUT2D eigenvalue weighted by Crippen LogP contribution is 2.24. The SMILES string of the molecule is CC(C)(N)Cc1ccc(C2COC2)cc1. The van der Waals surface area contributed by atoms with Gasteiger partial charge in [0, 0.05) is 11.5 Å². The zero-order valence-electron chi connectivity index (χ0n) is 9.49. The van der Waals surface area contributed by atoms with E-state index in [2.05, 4.69) is 38.1 Å². The third-order valence-corrected chi connectivity index (χ3v) is 2.75. The van der Waals surface area contributed by atoms with Gasteiger partial charge < -0.3 is 10.5 Å². The normalized spacial score (nSPS) is 17.5. The molecule has 1 aliphatic heterocycles. The van der Waals surface area contributed by atoms with Gasteiger partial charge in [-0.1, -0.05) is 24.3 Å². The van der Waals surface area contributed by atoms with Crippen LogP contribution in [0.5, 0.6) is 0 Å². The molecule has 1 heterocycles. The average molecular weight is 205 g/mol. The van der Waals surface area contributed by atoms with Crippen LogP contribution in [0.1, 0.15) is 30.9 Å². The maximum Gasteiger partial charge on any atom is 0.0557 e. The monoisotopic (exact) mass is 205 g/mol. The van der Waals surface area contributed by atoms with Gasteiger partial charge in [0.1, 0.15) is 0 Å². The number of hydrogen-bond donors (Lipinski definition) is 1. The van der Waals surface area contributed by atoms with Gasteiger partial charge in [0.05, 0.1) is 13.2 Å². The molecule has 1 aliphatic rings. The molecule has 15 heavy (non-hydrogen) atoms. The van der Waals surface area contributed by atoms with Crippen molar-refractivity contribution in [2.24, 2.45) is 5.73 Å². The van der Waals surface area contributed by atoms with Crippen LogP contribution in [0.15, 0.2) is 24.3 Å². The highest BCUT2D eigenvalue weighted by Gasteiger charge is 2.20. The van der Waals surface area contributed by atoms with Gasteiger partial charge in [-0.3, -0.25) is 0 Å². The zero-order chi connectivity index (χ0) is 10.9. The Hall–Kier alpha value is -0.860. The molecule has 2 N–H and O–H groups in total. The molecule has 1 saturated heterocycles. The molecule has 0 aromatic heterocycles. The van der Waals surface area contributed by atoms with Crippen molar-refractivity contribution < 1.29 is 4.74 Å². The van der Waals surface area contributed by atoms with Crippen LogP contribution < -0.4 is 5.73 Å². The summed E-state index contributed by atoms with van der Waals surface area (Å²) in [7, 11) is 0. The highest BCUT2D eigenvalue weighted by atomic mass is 16.5. The molecule has 0 amide bonds. The number of benzene rings is 1. The van der Waals surface area contributed by atoms with Gasteiger partial charge in [-0.2, -0.15) is 0 Å². The summed E-state index contributed by atoms with van der Waals surface area (Å²) in [6.45, 7) is 5.87. The summed E-state index contributed by atoms with van der Waals surface area (Å²) in [6, 6.07) is 8.77. The predicted molar refractivity (Wildman–Crippen MR) is 62.0 cm³/mol. The van der Waals surface area contributed by atoms with Crippen LogP contribution in [0.3, 0.4) is 0 Å². The molecule has 2 rings (SSSR count). The molecule has 0 aliphatic carbocycles. The summed E-state index contributed by atoms with van der Waals surface area (Å²) >= 11 is 0. The van der Waals surface area contributed by atoms with E-state index < -0.39 is 0 Å². The molecular formula is C13H19NO. The van der Waals surface area contributed by atoms with Gasteiger partial charge in [0.25, 0.3) is 0 Å². The van der Waals surface area contributed by atoms with Crippen molar-refractivity contribution in [1.82, 2.24) is 0 Å². The molecule has 0 unspecified atom stereocenters. The fourth-order valence-electron chi connectivity index (χ4n) is 1.86. The molecular weight excluding hydrogens is 186 g/mol. The first kappa shape index (κ1) is 10.7. The predicted octanol–water partition coefficient (Wildman–Crippen LogP) is 2.08. The van der Waals surface area contributed by atoms with E-state index in [1.165, 1.54) is 11.1 Å². The third kappa shape index (κ3) is 2.80. The van der Waals surface area contributed by atoms with Crippen molar-refractivity contribution in [3.05, 3.63) is 35.4 Å². The Balaban J connectivity index is 2.03. The van der Waals surface area contributed by atoms with Crippen LogP contribution in [0.4, 0.5) is 0 Å². The van der Waals surface area contributed by atoms with Crippen LogP contribution in [0, 0.1) is 0 Å². The first-order valence-corrected chi connectivity index (χ1v) is 5.50. The molecule has 1 aromatic carbocycles. The van der Waals surface area contributed by atoms with Gasteiger partial charge in [-0.05, 0) is 31.4 Å². The van der Waals surface area contributed by atoms with E-state index in [-0.39, 0.29) is 5.54 Å². The number of hydrogen-bond acceptors (Lipinski definition) is 2. The van der Waals surface area contributed by atoms with E-state index in [0.717, 1.165) is 19.6 Å². The van der Waals surface area contributed by atoms with Crippen molar-refractivity contribution >= 4 is 0 Å². The Morgan fingerprint density at radius 1 is 1.27 bits per heavy atom. The van der Waals surface area contributed by atoms with Crippen LogP contribution in [-0.4, -0.2) is 18.8 Å². The zero-order valence-corrected chi connectivity index (χ0v) is 9.49. The Morgan fingerprint density at radius 3 is 2.27 bits per heavy atom. The van der Waals surface area contributed by atoms with Gasteiger partial charge >= 0.3 is 0 Å². The highest BCUT2D eigenvalue weighted by molar-refractivity contribution is 5.27. The Bertz CT molecular complexity index is 319. The fourth-order valence-corrected chi connectivity index (χ4v) is 1.86. The second kappa shape index (κ2) is 3.95. The summed E-state index contributed by atoms with van der Waals surface area (Å²) in [4.78, 5) is 0. The fraction of sp³-hybridized carbons (Fsp3) is 0.538. The van der Waals surface area contributed by atoms with E-state index in [4.69, 9.17) is 10.5 Å². The molecule has 2 heteroatoms. The van der Waals surface area contributed by atoms with Crippen molar-refractivity contribution in [3.8, 4) is 0 Å². The molecule has 1 aromatic rings. The van der Waals surface area contributed by atoms with Crippen molar-refractivity contribution in [2.75, 3.05) is 13.2 Å². The van der Waals surface area contributed by atoms with Gasteiger partial charge in [-0.15, -0.1) is 0 Å². The molecule has 0 saturated carbocycles. The topological polar surface area (TPSA) is 35.2 Å². The van der Waals surface area contributed by atoms with E-state index in [0.29, 0.717) is 5.92 Å². The Labute approximate surface area is 91.4 Å². The average Bonchev–Trinajstić information content (AvgIpc) is 2.02. The summed E-state index contributed by atoms with van der Waals surface area (Å²) in [5.41, 5.74) is 8.56. The number of nitrogens with two attached hydrogens (primary N) is 1. The Kier molecular flexibility index (Phi) is 2.81. The molecule has 0 atom stereocenters. The molecule has 2 nitrogen and oxygen atoms in total. The standard InChI is InChI=1S/C13H19NO/c1-13(2,14)7-10-3-5-11(6-4-10)12-8-15-9-12/h3-6,12H,7-9,14H2,1-2H3. The smallest absolute Gasteiger partial charge is 0.0557 e. The first-order valence-electron chi connectivity index (χ1n) is 5.50. The first-order chi connectivity index (χ1) is 7.04. The largest absolute Gasteiger partial charge is 0.380 e. The van der Waals surface area contributed by atoms with Crippen LogP contribution in [-0.2, 0) is 11.2 Å².